The fraction of sp³-hybridized carbons (Fsp3) is 0.364. The zero-order chi connectivity index (χ0) is 12.1. The lowest BCUT2D eigenvalue weighted by Gasteiger charge is -2.15. The highest BCUT2D eigenvalue weighted by Crippen LogP contribution is 2.21. The van der Waals surface area contributed by atoms with Crippen molar-refractivity contribution < 1.29 is 9.18 Å². The Morgan fingerprint density at radius 1 is 1.56 bits per heavy atom. The van der Waals surface area contributed by atoms with Crippen molar-refractivity contribution in [3.05, 3.63) is 29.0 Å². The van der Waals surface area contributed by atoms with Gasteiger partial charge >= 0.3 is 0 Å². The van der Waals surface area contributed by atoms with Gasteiger partial charge in [0.05, 0.1) is 17.3 Å². The first-order valence-electron chi connectivity index (χ1n) is 4.97. The molecule has 1 N–H and O–H groups in total. The average molecular weight is 245 g/mol. The first kappa shape index (κ1) is 12.8. The minimum absolute atomic E-state index is 0.0390. The number of hydrogen-bond donors (Lipinski definition) is 1. The van der Waals surface area contributed by atoms with Crippen molar-refractivity contribution in [2.45, 2.75) is 6.92 Å². The summed E-state index contributed by atoms with van der Waals surface area (Å²) in [5.41, 5.74) is 0.556. The van der Waals surface area contributed by atoms with Gasteiger partial charge in [0.1, 0.15) is 5.82 Å². The van der Waals surface area contributed by atoms with Crippen LogP contribution in [0.5, 0.6) is 0 Å². The minimum atomic E-state index is -0.396. The molecule has 5 heteroatoms. The number of rotatable bonds is 4. The Morgan fingerprint density at radius 3 is 2.81 bits per heavy atom. The van der Waals surface area contributed by atoms with Crippen LogP contribution in [0.1, 0.15) is 6.92 Å². The molecule has 0 aromatic heterocycles. The number of halogens is 2. The molecule has 1 aromatic rings. The van der Waals surface area contributed by atoms with Crippen molar-refractivity contribution >= 4 is 23.2 Å². The molecule has 16 heavy (non-hydrogen) atoms. The van der Waals surface area contributed by atoms with Crippen LogP contribution in [0.2, 0.25) is 5.02 Å². The third-order valence-corrected chi connectivity index (χ3v) is 2.57. The lowest BCUT2D eigenvalue weighted by molar-refractivity contribution is -0.127. The number of nitrogens with zero attached hydrogens (tertiary/aromatic N) is 1. The molecule has 0 atom stereocenters. The average Bonchev–Trinajstić information content (AvgIpc) is 2.26. The van der Waals surface area contributed by atoms with Crippen LogP contribution in [0.3, 0.4) is 0 Å². The van der Waals surface area contributed by atoms with Crippen LogP contribution in [0.15, 0.2) is 18.2 Å². The molecule has 0 aliphatic rings. The zero-order valence-corrected chi connectivity index (χ0v) is 10.0. The number of carbonyl (C=O) groups excluding carboxylic acids is 1. The summed E-state index contributed by atoms with van der Waals surface area (Å²) < 4.78 is 12.7. The molecule has 0 bridgehead atoms. The summed E-state index contributed by atoms with van der Waals surface area (Å²) in [6, 6.07) is 4.01. The second-order valence-corrected chi connectivity index (χ2v) is 3.79. The number of carbonyl (C=O) groups is 1. The summed E-state index contributed by atoms with van der Waals surface area (Å²) in [5.74, 6) is -0.435. The standard InChI is InChI=1S/C11H14ClFN2O/c1-3-15(2)11(16)7-14-10-5-4-8(13)6-9(10)12/h4-6,14H,3,7H2,1-2H3. The largest absolute Gasteiger partial charge is 0.375 e. The van der Waals surface area contributed by atoms with Gasteiger partial charge in [0, 0.05) is 13.6 Å². The van der Waals surface area contributed by atoms with Gasteiger partial charge in [-0.3, -0.25) is 4.79 Å². The molecule has 0 fully saturated rings. The molecule has 1 amide bonds. The predicted molar refractivity (Wildman–Crippen MR) is 63.2 cm³/mol. The molecule has 0 aliphatic carbocycles. The SMILES string of the molecule is CCN(C)C(=O)CNc1ccc(F)cc1Cl. The third-order valence-electron chi connectivity index (χ3n) is 2.26. The van der Waals surface area contributed by atoms with Gasteiger partial charge in [-0.15, -0.1) is 0 Å². The number of benzene rings is 1. The van der Waals surface area contributed by atoms with Gasteiger partial charge in [-0.1, -0.05) is 11.6 Å². The Kier molecular flexibility index (Phi) is 4.55. The molecule has 0 radical (unpaired) electrons. The molecule has 0 spiro atoms. The molecule has 0 saturated heterocycles. The smallest absolute Gasteiger partial charge is 0.241 e. The van der Waals surface area contributed by atoms with Crippen LogP contribution >= 0.6 is 11.6 Å². The van der Waals surface area contributed by atoms with E-state index in [-0.39, 0.29) is 17.5 Å². The molecule has 1 aromatic carbocycles. The van der Waals surface area contributed by atoms with Crippen LogP contribution in [0.4, 0.5) is 10.1 Å². The van der Waals surface area contributed by atoms with E-state index in [4.69, 9.17) is 11.6 Å². The Labute approximate surface area is 99.2 Å². The number of nitrogens with one attached hydrogen (secondary N) is 1. The Morgan fingerprint density at radius 2 is 2.25 bits per heavy atom. The topological polar surface area (TPSA) is 32.3 Å². The predicted octanol–water partition coefficient (Wildman–Crippen LogP) is 2.37. The van der Waals surface area contributed by atoms with Crippen molar-refractivity contribution in [2.24, 2.45) is 0 Å². The highest BCUT2D eigenvalue weighted by atomic mass is 35.5. The molecule has 0 aliphatic heterocycles. The summed E-state index contributed by atoms with van der Waals surface area (Å²) in [6.45, 7) is 2.69. The Balaban J connectivity index is 2.58. The highest BCUT2D eigenvalue weighted by molar-refractivity contribution is 6.33. The summed E-state index contributed by atoms with van der Waals surface area (Å²) in [6.07, 6.45) is 0. The molecule has 1 rings (SSSR count). The second-order valence-electron chi connectivity index (χ2n) is 3.39. The van der Waals surface area contributed by atoms with E-state index in [1.807, 2.05) is 6.92 Å². The Bertz CT molecular complexity index is 384. The number of likely N-dealkylation sites (N-methyl/N-ethyl adjacent to an activating group) is 1. The van der Waals surface area contributed by atoms with Gasteiger partial charge in [0.25, 0.3) is 0 Å². The van der Waals surface area contributed by atoms with E-state index in [9.17, 15) is 9.18 Å². The number of hydrogen-bond acceptors (Lipinski definition) is 2. The monoisotopic (exact) mass is 244 g/mol. The van der Waals surface area contributed by atoms with E-state index in [0.717, 1.165) is 0 Å². The molecule has 0 unspecified atom stereocenters. The highest BCUT2D eigenvalue weighted by Gasteiger charge is 2.07. The third kappa shape index (κ3) is 3.38. The molecule has 0 saturated carbocycles. The normalized spacial score (nSPS) is 10.0. The van der Waals surface area contributed by atoms with Crippen molar-refractivity contribution in [1.82, 2.24) is 4.90 Å². The van der Waals surface area contributed by atoms with E-state index in [1.165, 1.54) is 18.2 Å². The van der Waals surface area contributed by atoms with Crippen LogP contribution in [-0.2, 0) is 4.79 Å². The van der Waals surface area contributed by atoms with Crippen LogP contribution in [-0.4, -0.2) is 30.9 Å². The van der Waals surface area contributed by atoms with Gasteiger partial charge in [-0.05, 0) is 25.1 Å². The van der Waals surface area contributed by atoms with Crippen LogP contribution < -0.4 is 5.32 Å². The molecule has 88 valence electrons. The first-order valence-corrected chi connectivity index (χ1v) is 5.35. The molecular weight excluding hydrogens is 231 g/mol. The fourth-order valence-electron chi connectivity index (χ4n) is 1.11. The van der Waals surface area contributed by atoms with Gasteiger partial charge in [0.15, 0.2) is 0 Å². The molecule has 3 nitrogen and oxygen atoms in total. The van der Waals surface area contributed by atoms with Gasteiger partial charge in [-0.25, -0.2) is 4.39 Å². The zero-order valence-electron chi connectivity index (χ0n) is 9.26. The maximum Gasteiger partial charge on any atom is 0.241 e. The minimum Gasteiger partial charge on any atom is -0.375 e. The lowest BCUT2D eigenvalue weighted by atomic mass is 10.3. The van der Waals surface area contributed by atoms with Crippen molar-refractivity contribution in [3.8, 4) is 0 Å². The fourth-order valence-corrected chi connectivity index (χ4v) is 1.35. The Hall–Kier alpha value is -1.29. The molecular formula is C11H14ClFN2O. The van der Waals surface area contributed by atoms with Crippen molar-refractivity contribution in [3.63, 3.8) is 0 Å². The van der Waals surface area contributed by atoms with Gasteiger partial charge < -0.3 is 10.2 Å². The molecule has 0 heterocycles. The van der Waals surface area contributed by atoms with Crippen LogP contribution in [0.25, 0.3) is 0 Å². The second kappa shape index (κ2) is 5.70. The number of anilines is 1. The number of amides is 1. The summed E-state index contributed by atoms with van der Waals surface area (Å²) in [7, 11) is 1.72. The van der Waals surface area contributed by atoms with E-state index in [2.05, 4.69) is 5.32 Å². The summed E-state index contributed by atoms with van der Waals surface area (Å²) >= 11 is 5.80. The summed E-state index contributed by atoms with van der Waals surface area (Å²) in [4.78, 5) is 13.1. The van der Waals surface area contributed by atoms with Crippen LogP contribution in [0, 0.1) is 5.82 Å². The van der Waals surface area contributed by atoms with E-state index in [1.54, 1.807) is 11.9 Å². The van der Waals surface area contributed by atoms with E-state index < -0.39 is 5.82 Å². The van der Waals surface area contributed by atoms with Gasteiger partial charge in [-0.2, -0.15) is 0 Å². The maximum atomic E-state index is 12.7. The van der Waals surface area contributed by atoms with E-state index in [0.29, 0.717) is 12.2 Å². The quantitative estimate of drug-likeness (QED) is 0.882. The maximum absolute atomic E-state index is 12.7. The first-order chi connectivity index (χ1) is 7.54. The van der Waals surface area contributed by atoms with E-state index >= 15 is 0 Å². The van der Waals surface area contributed by atoms with Crippen molar-refractivity contribution in [2.75, 3.05) is 25.5 Å². The summed E-state index contributed by atoms with van der Waals surface area (Å²) in [5, 5.41) is 3.14. The van der Waals surface area contributed by atoms with Crippen molar-refractivity contribution in [1.29, 1.82) is 0 Å². The lowest BCUT2D eigenvalue weighted by Crippen LogP contribution is -2.31. The van der Waals surface area contributed by atoms with Gasteiger partial charge in [0.2, 0.25) is 5.91 Å².